The molecule has 0 fully saturated rings. The summed E-state index contributed by atoms with van der Waals surface area (Å²) in [5.74, 6) is -0.0387. The van der Waals surface area contributed by atoms with E-state index in [0.29, 0.717) is 13.0 Å². The fourth-order valence-corrected chi connectivity index (χ4v) is 3.16. The number of nitrogens with zero attached hydrogens (tertiary/aromatic N) is 1. The van der Waals surface area contributed by atoms with Crippen molar-refractivity contribution in [2.45, 2.75) is 19.0 Å². The van der Waals surface area contributed by atoms with E-state index < -0.39 is 21.8 Å². The minimum absolute atomic E-state index is 0.0387. The lowest BCUT2D eigenvalue weighted by Crippen LogP contribution is -2.38. The van der Waals surface area contributed by atoms with Gasteiger partial charge in [0.15, 0.2) is 0 Å². The van der Waals surface area contributed by atoms with Crippen LogP contribution in [0.5, 0.6) is 0 Å². The molecule has 0 amide bonds. The first-order chi connectivity index (χ1) is 8.27. The van der Waals surface area contributed by atoms with Crippen molar-refractivity contribution < 1.29 is 21.6 Å². The van der Waals surface area contributed by atoms with Crippen LogP contribution in [0.25, 0.3) is 0 Å². The van der Waals surface area contributed by atoms with Gasteiger partial charge in [-0.3, -0.25) is 0 Å². The lowest BCUT2D eigenvalue weighted by Gasteiger charge is -2.26. The van der Waals surface area contributed by atoms with Crippen molar-refractivity contribution >= 4 is 10.0 Å². The number of rotatable bonds is 5. The monoisotopic (exact) mass is 286 g/mol. The van der Waals surface area contributed by atoms with E-state index in [4.69, 9.17) is 0 Å². The van der Waals surface area contributed by atoms with Crippen molar-refractivity contribution in [3.05, 3.63) is 11.6 Å². The summed E-state index contributed by atoms with van der Waals surface area (Å²) in [7, 11) is -1.73. The normalized spacial score (nSPS) is 18.8. The minimum Gasteiger partial charge on any atom is -0.320 e. The molecule has 1 aliphatic rings. The van der Waals surface area contributed by atoms with Crippen LogP contribution in [0.4, 0.5) is 13.2 Å². The van der Waals surface area contributed by atoms with Crippen LogP contribution in [0.1, 0.15) is 12.8 Å². The Labute approximate surface area is 105 Å². The summed E-state index contributed by atoms with van der Waals surface area (Å²) in [5, 5.41) is 2.83. The summed E-state index contributed by atoms with van der Waals surface area (Å²) < 4.78 is 61.8. The molecule has 0 atom stereocenters. The Morgan fingerprint density at radius 2 is 2.11 bits per heavy atom. The van der Waals surface area contributed by atoms with Gasteiger partial charge in [-0.25, -0.2) is 8.42 Å². The Morgan fingerprint density at radius 3 is 2.56 bits per heavy atom. The van der Waals surface area contributed by atoms with E-state index in [1.54, 1.807) is 7.05 Å². The van der Waals surface area contributed by atoms with Gasteiger partial charge >= 0.3 is 6.18 Å². The average Bonchev–Trinajstić information content (AvgIpc) is 2.28. The first-order valence-corrected chi connectivity index (χ1v) is 7.27. The molecule has 1 N–H and O–H groups in total. The van der Waals surface area contributed by atoms with Crippen molar-refractivity contribution in [2.24, 2.45) is 0 Å². The number of alkyl halides is 3. The van der Waals surface area contributed by atoms with Crippen LogP contribution in [-0.2, 0) is 10.0 Å². The van der Waals surface area contributed by atoms with Crippen molar-refractivity contribution in [3.8, 4) is 0 Å². The molecule has 0 saturated carbocycles. The van der Waals surface area contributed by atoms with Crippen LogP contribution >= 0.6 is 0 Å². The summed E-state index contributed by atoms with van der Waals surface area (Å²) in [6.45, 7) is 0.292. The molecule has 0 aromatic rings. The fraction of sp³-hybridized carbons (Fsp3) is 0.800. The zero-order valence-electron chi connectivity index (χ0n) is 10.1. The molecule has 18 heavy (non-hydrogen) atoms. The second-order valence-corrected chi connectivity index (χ2v) is 6.20. The van der Waals surface area contributed by atoms with Gasteiger partial charge in [-0.15, -0.1) is 0 Å². The van der Waals surface area contributed by atoms with Gasteiger partial charge in [0.2, 0.25) is 10.0 Å². The molecule has 1 rings (SSSR count). The third kappa shape index (κ3) is 4.25. The van der Waals surface area contributed by atoms with Crippen LogP contribution in [0, 0.1) is 0 Å². The quantitative estimate of drug-likeness (QED) is 0.608. The van der Waals surface area contributed by atoms with E-state index in [9.17, 15) is 21.6 Å². The molecular weight excluding hydrogens is 269 g/mol. The van der Waals surface area contributed by atoms with Crippen LogP contribution in [0.15, 0.2) is 11.6 Å². The first-order valence-electron chi connectivity index (χ1n) is 5.66. The number of halogens is 3. The van der Waals surface area contributed by atoms with Crippen molar-refractivity contribution in [1.29, 1.82) is 0 Å². The molecule has 0 aromatic carbocycles. The fourth-order valence-electron chi connectivity index (χ4n) is 1.72. The molecule has 1 heterocycles. The van der Waals surface area contributed by atoms with E-state index >= 15 is 0 Å². The van der Waals surface area contributed by atoms with Crippen LogP contribution in [-0.4, -0.2) is 51.3 Å². The highest BCUT2D eigenvalue weighted by molar-refractivity contribution is 7.89. The Bertz CT molecular complexity index is 404. The lowest BCUT2D eigenvalue weighted by atomic mass is 10.1. The maximum absolute atomic E-state index is 12.4. The van der Waals surface area contributed by atoms with Crippen molar-refractivity contribution in [1.82, 2.24) is 9.62 Å². The highest BCUT2D eigenvalue weighted by atomic mass is 32.2. The zero-order chi connectivity index (χ0) is 13.8. The maximum Gasteiger partial charge on any atom is 0.412 e. The van der Waals surface area contributed by atoms with E-state index in [1.165, 1.54) is 0 Å². The summed E-state index contributed by atoms with van der Waals surface area (Å²) in [5.41, 5.74) is -0.635. The Morgan fingerprint density at radius 1 is 1.44 bits per heavy atom. The largest absolute Gasteiger partial charge is 0.412 e. The summed E-state index contributed by atoms with van der Waals surface area (Å²) in [6.07, 6.45) is -3.21. The zero-order valence-corrected chi connectivity index (χ0v) is 10.9. The molecule has 106 valence electrons. The molecule has 0 aliphatic carbocycles. The van der Waals surface area contributed by atoms with E-state index in [2.05, 4.69) is 5.32 Å². The SMILES string of the molecule is CNCCCS(=O)(=O)N1CC=C(C(F)(F)F)CC1. The lowest BCUT2D eigenvalue weighted by molar-refractivity contribution is -0.0953. The highest BCUT2D eigenvalue weighted by Crippen LogP contribution is 2.30. The maximum atomic E-state index is 12.4. The van der Waals surface area contributed by atoms with Crippen LogP contribution in [0.2, 0.25) is 0 Å². The molecule has 8 heteroatoms. The van der Waals surface area contributed by atoms with Crippen LogP contribution < -0.4 is 5.32 Å². The molecule has 4 nitrogen and oxygen atoms in total. The van der Waals surface area contributed by atoms with Gasteiger partial charge in [0.1, 0.15) is 0 Å². The predicted octanol–water partition coefficient (Wildman–Crippen LogP) is 1.12. The van der Waals surface area contributed by atoms with Crippen molar-refractivity contribution in [2.75, 3.05) is 32.4 Å². The van der Waals surface area contributed by atoms with Crippen LogP contribution in [0.3, 0.4) is 0 Å². The van der Waals surface area contributed by atoms with E-state index in [0.717, 1.165) is 10.4 Å². The Hall–Kier alpha value is -0.600. The number of sulfonamides is 1. The molecule has 0 aromatic heterocycles. The third-order valence-electron chi connectivity index (χ3n) is 2.76. The van der Waals surface area contributed by atoms with Gasteiger partial charge in [-0.1, -0.05) is 6.08 Å². The molecule has 0 saturated heterocycles. The summed E-state index contributed by atoms with van der Waals surface area (Å²) in [4.78, 5) is 0. The standard InChI is InChI=1S/C10H17F3N2O2S/c1-14-5-2-8-18(16,17)15-6-3-9(4-7-15)10(11,12)13/h3,14H,2,4-8H2,1H3. The summed E-state index contributed by atoms with van der Waals surface area (Å²) >= 11 is 0. The molecule has 0 spiro atoms. The van der Waals surface area contributed by atoms with E-state index in [1.807, 2.05) is 0 Å². The van der Waals surface area contributed by atoms with Gasteiger partial charge in [-0.2, -0.15) is 17.5 Å². The molecular formula is C10H17F3N2O2S. The number of nitrogens with one attached hydrogen (secondary N) is 1. The van der Waals surface area contributed by atoms with Gasteiger partial charge in [0.25, 0.3) is 0 Å². The molecule has 0 radical (unpaired) electrons. The molecule has 0 unspecified atom stereocenters. The Kier molecular flexibility index (Phi) is 5.18. The van der Waals surface area contributed by atoms with Gasteiger partial charge in [0, 0.05) is 18.7 Å². The highest BCUT2D eigenvalue weighted by Gasteiger charge is 2.36. The van der Waals surface area contributed by atoms with Gasteiger partial charge in [-0.05, 0) is 26.4 Å². The smallest absolute Gasteiger partial charge is 0.320 e. The molecule has 1 aliphatic heterocycles. The van der Waals surface area contributed by atoms with Crippen molar-refractivity contribution in [3.63, 3.8) is 0 Å². The van der Waals surface area contributed by atoms with E-state index in [-0.39, 0.29) is 25.3 Å². The second kappa shape index (κ2) is 6.03. The second-order valence-electron chi connectivity index (χ2n) is 4.11. The summed E-state index contributed by atoms with van der Waals surface area (Å²) in [6, 6.07) is 0. The van der Waals surface area contributed by atoms with Gasteiger partial charge < -0.3 is 5.32 Å². The number of hydrogen-bond acceptors (Lipinski definition) is 3. The Balaban J connectivity index is 2.59. The molecule has 0 bridgehead atoms. The minimum atomic E-state index is -4.35. The number of hydrogen-bond donors (Lipinski definition) is 1. The third-order valence-corrected chi connectivity index (χ3v) is 4.68. The first kappa shape index (κ1) is 15.5. The van der Waals surface area contributed by atoms with Gasteiger partial charge in [0.05, 0.1) is 5.75 Å². The predicted molar refractivity (Wildman–Crippen MR) is 62.7 cm³/mol. The average molecular weight is 286 g/mol. The topological polar surface area (TPSA) is 49.4 Å².